The predicted octanol–water partition coefficient (Wildman–Crippen LogP) is -0.216. The maximum atomic E-state index is 12.3. The largest absolute Gasteiger partial charge is 0.394 e. The molecule has 1 aliphatic carbocycles. The molecule has 3 aliphatic heterocycles. The van der Waals surface area contributed by atoms with Gasteiger partial charge in [-0.25, -0.2) is 0 Å². The molecule has 226 valence electrons. The van der Waals surface area contributed by atoms with Crippen LogP contribution in [0.3, 0.4) is 0 Å². The molecule has 4 rings (SSSR count). The fourth-order valence-electron chi connectivity index (χ4n) is 6.02. The van der Waals surface area contributed by atoms with Gasteiger partial charge in [-0.05, 0) is 45.4 Å². The second kappa shape index (κ2) is 13.9. The van der Waals surface area contributed by atoms with Crippen molar-refractivity contribution >= 4 is 5.78 Å². The number of hydrogen-bond acceptors (Lipinski definition) is 12. The molecular formula is C27H46O12. The van der Waals surface area contributed by atoms with E-state index in [0.29, 0.717) is 19.4 Å². The highest BCUT2D eigenvalue weighted by Gasteiger charge is 2.51. The number of hydrogen-bond donors (Lipinski definition) is 5. The van der Waals surface area contributed by atoms with Gasteiger partial charge in [0.2, 0.25) is 0 Å². The van der Waals surface area contributed by atoms with Crippen molar-refractivity contribution in [3.8, 4) is 0 Å². The molecule has 4 fully saturated rings. The molecule has 0 bridgehead atoms. The minimum Gasteiger partial charge on any atom is -0.394 e. The zero-order chi connectivity index (χ0) is 28.3. The van der Waals surface area contributed by atoms with Gasteiger partial charge in [-0.3, -0.25) is 4.79 Å². The van der Waals surface area contributed by atoms with Crippen LogP contribution in [0.5, 0.6) is 0 Å². The number of rotatable bonds is 6. The molecule has 0 aromatic rings. The van der Waals surface area contributed by atoms with Gasteiger partial charge in [-0.1, -0.05) is 26.2 Å². The molecule has 3 heterocycles. The van der Waals surface area contributed by atoms with E-state index in [-0.39, 0.29) is 11.7 Å². The summed E-state index contributed by atoms with van der Waals surface area (Å²) in [4.78, 5) is 12.3. The summed E-state index contributed by atoms with van der Waals surface area (Å²) in [6, 6.07) is 0. The smallest absolute Gasteiger partial charge is 0.187 e. The Morgan fingerprint density at radius 1 is 0.795 bits per heavy atom. The lowest BCUT2D eigenvalue weighted by atomic mass is 9.85. The van der Waals surface area contributed by atoms with Gasteiger partial charge < -0.3 is 54.0 Å². The first-order valence-corrected chi connectivity index (χ1v) is 14.3. The van der Waals surface area contributed by atoms with Crippen LogP contribution >= 0.6 is 0 Å². The highest BCUT2D eigenvalue weighted by atomic mass is 16.7. The van der Waals surface area contributed by atoms with Crippen molar-refractivity contribution < 1.29 is 58.7 Å². The van der Waals surface area contributed by atoms with E-state index in [9.17, 15) is 30.3 Å². The summed E-state index contributed by atoms with van der Waals surface area (Å²) < 4.78 is 36.6. The number of aliphatic hydroxyl groups is 5. The molecule has 0 aromatic carbocycles. The molecule has 14 atom stereocenters. The van der Waals surface area contributed by atoms with Crippen molar-refractivity contribution in [2.45, 2.75) is 145 Å². The molecule has 1 saturated carbocycles. The summed E-state index contributed by atoms with van der Waals surface area (Å²) in [5.41, 5.74) is 0. The van der Waals surface area contributed by atoms with Crippen LogP contribution in [0.4, 0.5) is 0 Å². The van der Waals surface area contributed by atoms with Crippen molar-refractivity contribution in [1.29, 1.82) is 0 Å². The Kier molecular flexibility index (Phi) is 11.1. The molecule has 0 spiro atoms. The van der Waals surface area contributed by atoms with Gasteiger partial charge in [0.1, 0.15) is 48.8 Å². The third kappa shape index (κ3) is 7.18. The van der Waals surface area contributed by atoms with E-state index in [2.05, 4.69) is 0 Å². The molecule has 3 saturated heterocycles. The van der Waals surface area contributed by atoms with Crippen LogP contribution in [0.25, 0.3) is 0 Å². The van der Waals surface area contributed by atoms with Gasteiger partial charge in [0.25, 0.3) is 0 Å². The Morgan fingerprint density at radius 3 is 2.28 bits per heavy atom. The maximum absolute atomic E-state index is 12.3. The zero-order valence-electron chi connectivity index (χ0n) is 23.0. The second-order valence-corrected chi connectivity index (χ2v) is 11.5. The standard InChI is InChI=1S/C27H46O12/c1-13-8-7-10-17(23(13)39-26-22(33)21(32)19(30)15(3)35-26)37-27-25-24(20(31)18(12-28)38-27)36-16(14(2)29)9-5-4-6-11-34-25/h13,15-28,30-33H,4-12H2,1-3H3/t13-,15?,16-,17-,18?,19-,20+,21?,22+,23?,24?,25?,26+,27-/m1/s1. The monoisotopic (exact) mass is 562 g/mol. The van der Waals surface area contributed by atoms with Gasteiger partial charge in [0, 0.05) is 6.61 Å². The van der Waals surface area contributed by atoms with Gasteiger partial charge in [-0.2, -0.15) is 0 Å². The van der Waals surface area contributed by atoms with Gasteiger partial charge in [-0.15, -0.1) is 0 Å². The highest BCUT2D eigenvalue weighted by molar-refractivity contribution is 5.80. The van der Waals surface area contributed by atoms with Crippen molar-refractivity contribution in [3.63, 3.8) is 0 Å². The normalized spacial score (nSPS) is 48.2. The Morgan fingerprint density at radius 2 is 1.56 bits per heavy atom. The topological polar surface area (TPSA) is 174 Å². The molecular weight excluding hydrogens is 516 g/mol. The summed E-state index contributed by atoms with van der Waals surface area (Å²) in [5, 5.41) is 51.8. The van der Waals surface area contributed by atoms with Gasteiger partial charge in [0.15, 0.2) is 18.4 Å². The van der Waals surface area contributed by atoms with Gasteiger partial charge >= 0.3 is 0 Å². The van der Waals surface area contributed by atoms with E-state index < -0.39 is 86.3 Å². The minimum atomic E-state index is -1.45. The molecule has 6 unspecified atom stereocenters. The van der Waals surface area contributed by atoms with Crippen LogP contribution < -0.4 is 0 Å². The lowest BCUT2D eigenvalue weighted by molar-refractivity contribution is -0.352. The van der Waals surface area contributed by atoms with Crippen molar-refractivity contribution in [1.82, 2.24) is 0 Å². The van der Waals surface area contributed by atoms with Gasteiger partial charge in [0.05, 0.1) is 24.9 Å². The molecule has 12 heteroatoms. The number of Topliss-reactive ketones (excluding diaryl/α,β-unsaturated/α-hetero) is 1. The van der Waals surface area contributed by atoms with E-state index in [1.54, 1.807) is 6.92 Å². The zero-order valence-corrected chi connectivity index (χ0v) is 23.0. The van der Waals surface area contributed by atoms with E-state index in [0.717, 1.165) is 32.1 Å². The Bertz CT molecular complexity index is 784. The summed E-state index contributed by atoms with van der Waals surface area (Å²) >= 11 is 0. The van der Waals surface area contributed by atoms with Crippen molar-refractivity contribution in [2.75, 3.05) is 13.2 Å². The highest BCUT2D eigenvalue weighted by Crippen LogP contribution is 2.36. The number of fused-ring (bicyclic) bond motifs is 1. The molecule has 4 aliphatic rings. The fraction of sp³-hybridized carbons (Fsp3) is 0.963. The Balaban J connectivity index is 1.54. The number of carbonyl (C=O) groups is 1. The van der Waals surface area contributed by atoms with Crippen LogP contribution in [0, 0.1) is 5.92 Å². The van der Waals surface area contributed by atoms with Crippen LogP contribution in [0.1, 0.15) is 65.7 Å². The maximum Gasteiger partial charge on any atom is 0.187 e. The van der Waals surface area contributed by atoms with Crippen LogP contribution in [-0.4, -0.2) is 124 Å². The summed E-state index contributed by atoms with van der Waals surface area (Å²) in [7, 11) is 0. The third-order valence-electron chi connectivity index (χ3n) is 8.48. The lowest BCUT2D eigenvalue weighted by Gasteiger charge is -2.48. The average Bonchev–Trinajstić information content (AvgIpc) is 2.91. The van der Waals surface area contributed by atoms with Crippen LogP contribution in [0.2, 0.25) is 0 Å². The Hall–Kier alpha value is -0.770. The molecule has 0 radical (unpaired) electrons. The van der Waals surface area contributed by atoms with E-state index in [1.807, 2.05) is 6.92 Å². The van der Waals surface area contributed by atoms with Crippen LogP contribution in [0.15, 0.2) is 0 Å². The summed E-state index contributed by atoms with van der Waals surface area (Å²) in [5.74, 6) is -0.144. The molecule has 0 aromatic heterocycles. The van der Waals surface area contributed by atoms with Crippen molar-refractivity contribution in [2.24, 2.45) is 5.92 Å². The van der Waals surface area contributed by atoms with E-state index in [1.165, 1.54) is 6.92 Å². The van der Waals surface area contributed by atoms with Crippen molar-refractivity contribution in [3.05, 3.63) is 0 Å². The second-order valence-electron chi connectivity index (χ2n) is 11.5. The van der Waals surface area contributed by atoms with E-state index >= 15 is 0 Å². The average molecular weight is 563 g/mol. The Labute approximate surface area is 229 Å². The molecule has 39 heavy (non-hydrogen) atoms. The first kappa shape index (κ1) is 31.2. The number of carbonyl (C=O) groups excluding carboxylic acids is 1. The number of ketones is 1. The first-order valence-electron chi connectivity index (χ1n) is 14.3. The summed E-state index contributed by atoms with van der Waals surface area (Å²) in [6.07, 6.45) is -7.75. The first-order chi connectivity index (χ1) is 18.6. The fourth-order valence-corrected chi connectivity index (χ4v) is 6.02. The SMILES string of the molecule is CC(=O)[C@H]1CCCCCOC2C(O1)[C@@H](O)C(CO)O[C@H]2O[C@@H]1CCC[C@@H](C)C1O[C@@H]1OC(C)[C@@H](O)C(O)[C@@H]1O. The molecule has 12 nitrogen and oxygen atoms in total. The number of ether oxygens (including phenoxy) is 6. The quantitative estimate of drug-likeness (QED) is 0.289. The van der Waals surface area contributed by atoms with Crippen LogP contribution in [-0.2, 0) is 33.2 Å². The lowest BCUT2D eigenvalue weighted by Crippen LogP contribution is -2.63. The minimum absolute atomic E-state index is 0.000716. The number of aliphatic hydroxyl groups excluding tert-OH is 5. The summed E-state index contributed by atoms with van der Waals surface area (Å²) in [6.45, 7) is 4.94. The predicted molar refractivity (Wildman–Crippen MR) is 134 cm³/mol. The third-order valence-corrected chi connectivity index (χ3v) is 8.48. The van der Waals surface area contributed by atoms with E-state index in [4.69, 9.17) is 28.4 Å². The molecule has 0 amide bonds. The molecule has 5 N–H and O–H groups in total.